The molecular formula is C17H22N4O3. The number of rotatable bonds is 4. The van der Waals surface area contributed by atoms with Crippen molar-refractivity contribution in [1.29, 1.82) is 0 Å². The third-order valence-corrected chi connectivity index (χ3v) is 4.58. The minimum atomic E-state index is -0.739. The van der Waals surface area contributed by atoms with Crippen molar-refractivity contribution in [1.82, 2.24) is 20.6 Å². The van der Waals surface area contributed by atoms with Crippen molar-refractivity contribution in [2.75, 3.05) is 0 Å². The summed E-state index contributed by atoms with van der Waals surface area (Å²) in [5.74, 6) is -0.307. The number of nitrogens with zero attached hydrogens (tertiary/aromatic N) is 1. The van der Waals surface area contributed by atoms with Crippen LogP contribution in [0.2, 0.25) is 0 Å². The smallest absolute Gasteiger partial charge is 0.315 e. The number of carboxylic acid groups (broad SMARTS) is 1. The molecule has 2 amide bonds. The summed E-state index contributed by atoms with van der Waals surface area (Å²) in [5.41, 5.74) is 1.81. The Morgan fingerprint density at radius 2 is 1.96 bits per heavy atom. The molecule has 7 heteroatoms. The Labute approximate surface area is 139 Å². The normalized spacial score (nSPS) is 22.0. The van der Waals surface area contributed by atoms with Crippen LogP contribution in [0.4, 0.5) is 4.79 Å². The molecule has 0 spiro atoms. The van der Waals surface area contributed by atoms with Gasteiger partial charge in [-0.25, -0.2) is 9.78 Å². The number of carbonyl (C=O) groups excluding carboxylic acids is 1. The maximum atomic E-state index is 12.1. The molecular weight excluding hydrogens is 308 g/mol. The van der Waals surface area contributed by atoms with Crippen LogP contribution in [0, 0.1) is 5.92 Å². The van der Waals surface area contributed by atoms with Crippen molar-refractivity contribution in [3.05, 3.63) is 30.1 Å². The maximum Gasteiger partial charge on any atom is 0.315 e. The first kappa shape index (κ1) is 16.3. The van der Waals surface area contributed by atoms with Crippen LogP contribution >= 0.6 is 0 Å². The van der Waals surface area contributed by atoms with Crippen molar-refractivity contribution in [3.8, 4) is 0 Å². The zero-order valence-corrected chi connectivity index (χ0v) is 13.6. The number of aliphatic carboxylic acids is 1. The van der Waals surface area contributed by atoms with Gasteiger partial charge in [0.05, 0.1) is 23.0 Å². The fourth-order valence-corrected chi connectivity index (χ4v) is 3.15. The van der Waals surface area contributed by atoms with E-state index in [9.17, 15) is 9.59 Å². The van der Waals surface area contributed by atoms with Gasteiger partial charge in [0.25, 0.3) is 0 Å². The number of H-pyrrole nitrogens is 1. The molecule has 1 aromatic carbocycles. The second-order valence-corrected chi connectivity index (χ2v) is 6.37. The number of aromatic amines is 1. The molecule has 1 atom stereocenters. The zero-order chi connectivity index (χ0) is 17.1. The number of amides is 2. The molecule has 1 aliphatic rings. The largest absolute Gasteiger partial charge is 0.481 e. The molecule has 1 saturated carbocycles. The molecule has 0 radical (unpaired) electrons. The number of para-hydroxylation sites is 2. The van der Waals surface area contributed by atoms with Gasteiger partial charge >= 0.3 is 12.0 Å². The summed E-state index contributed by atoms with van der Waals surface area (Å²) in [6.45, 7) is 1.87. The average molecular weight is 330 g/mol. The Morgan fingerprint density at radius 3 is 2.62 bits per heavy atom. The Balaban J connectivity index is 1.52. The highest BCUT2D eigenvalue weighted by Gasteiger charge is 2.27. The van der Waals surface area contributed by atoms with Crippen LogP contribution in [0.15, 0.2) is 24.3 Å². The van der Waals surface area contributed by atoms with Gasteiger partial charge < -0.3 is 20.7 Å². The minimum Gasteiger partial charge on any atom is -0.481 e. The van der Waals surface area contributed by atoms with Crippen LogP contribution in [0.25, 0.3) is 11.0 Å². The summed E-state index contributed by atoms with van der Waals surface area (Å²) in [4.78, 5) is 30.8. The van der Waals surface area contributed by atoms with Crippen molar-refractivity contribution < 1.29 is 14.7 Å². The molecule has 1 unspecified atom stereocenters. The quantitative estimate of drug-likeness (QED) is 0.691. The number of hydrogen-bond donors (Lipinski definition) is 4. The Bertz CT molecular complexity index is 701. The van der Waals surface area contributed by atoms with Crippen LogP contribution in [0.3, 0.4) is 0 Å². The molecule has 4 N–H and O–H groups in total. The Morgan fingerprint density at radius 1 is 1.25 bits per heavy atom. The van der Waals surface area contributed by atoms with E-state index in [2.05, 4.69) is 20.6 Å². The maximum absolute atomic E-state index is 12.1. The summed E-state index contributed by atoms with van der Waals surface area (Å²) in [5, 5.41) is 14.8. The van der Waals surface area contributed by atoms with E-state index in [0.717, 1.165) is 11.0 Å². The first-order chi connectivity index (χ1) is 11.5. The highest BCUT2D eigenvalue weighted by Crippen LogP contribution is 2.24. The van der Waals surface area contributed by atoms with Crippen molar-refractivity contribution in [2.45, 2.75) is 44.7 Å². The van der Waals surface area contributed by atoms with Crippen LogP contribution in [-0.2, 0) is 4.79 Å². The molecule has 7 nitrogen and oxygen atoms in total. The molecule has 0 aliphatic heterocycles. The van der Waals surface area contributed by atoms with E-state index < -0.39 is 5.97 Å². The monoisotopic (exact) mass is 330 g/mol. The van der Waals surface area contributed by atoms with Gasteiger partial charge in [0.15, 0.2) is 0 Å². The van der Waals surface area contributed by atoms with E-state index >= 15 is 0 Å². The number of urea groups is 1. The zero-order valence-electron chi connectivity index (χ0n) is 13.6. The molecule has 0 saturated heterocycles. The van der Waals surface area contributed by atoms with Crippen LogP contribution < -0.4 is 10.6 Å². The summed E-state index contributed by atoms with van der Waals surface area (Å²) < 4.78 is 0. The number of imidazole rings is 1. The van der Waals surface area contributed by atoms with Gasteiger partial charge in [-0.3, -0.25) is 4.79 Å². The molecule has 1 fully saturated rings. The summed E-state index contributed by atoms with van der Waals surface area (Å²) in [7, 11) is 0. The standard InChI is InChI=1S/C17H22N4O3/c1-10(15-20-13-4-2-3-5-14(13)21-15)18-17(24)19-12-8-6-11(7-9-12)16(22)23/h2-5,10-12H,6-9H2,1H3,(H,20,21)(H,22,23)(H2,18,19,24). The second-order valence-electron chi connectivity index (χ2n) is 6.37. The Kier molecular flexibility index (Phi) is 4.69. The minimum absolute atomic E-state index is 0.0310. The molecule has 1 aliphatic carbocycles. The number of carbonyl (C=O) groups is 2. The lowest BCUT2D eigenvalue weighted by molar-refractivity contribution is -0.142. The number of nitrogens with one attached hydrogen (secondary N) is 3. The first-order valence-corrected chi connectivity index (χ1v) is 8.27. The third kappa shape index (κ3) is 3.67. The molecule has 24 heavy (non-hydrogen) atoms. The van der Waals surface area contributed by atoms with E-state index in [1.165, 1.54) is 0 Å². The number of benzene rings is 1. The first-order valence-electron chi connectivity index (χ1n) is 8.27. The van der Waals surface area contributed by atoms with Gasteiger partial charge in [0.1, 0.15) is 5.82 Å². The predicted molar refractivity (Wildman–Crippen MR) is 89.6 cm³/mol. The van der Waals surface area contributed by atoms with Crippen molar-refractivity contribution in [2.24, 2.45) is 5.92 Å². The lowest BCUT2D eigenvalue weighted by atomic mass is 9.86. The fraction of sp³-hybridized carbons (Fsp3) is 0.471. The van der Waals surface area contributed by atoms with E-state index in [-0.39, 0.29) is 24.0 Å². The van der Waals surface area contributed by atoms with Crippen molar-refractivity contribution >= 4 is 23.0 Å². The van der Waals surface area contributed by atoms with E-state index in [1.54, 1.807) is 0 Å². The average Bonchev–Trinajstić information content (AvgIpc) is 2.99. The number of fused-ring (bicyclic) bond motifs is 1. The van der Waals surface area contributed by atoms with Gasteiger partial charge in [-0.15, -0.1) is 0 Å². The second kappa shape index (κ2) is 6.90. The molecule has 0 bridgehead atoms. The van der Waals surface area contributed by atoms with Crippen molar-refractivity contribution in [3.63, 3.8) is 0 Å². The summed E-state index contributed by atoms with van der Waals surface area (Å²) in [6, 6.07) is 7.26. The highest BCUT2D eigenvalue weighted by molar-refractivity contribution is 5.76. The predicted octanol–water partition coefficient (Wildman–Crippen LogP) is 2.57. The topological polar surface area (TPSA) is 107 Å². The number of aromatic nitrogens is 2. The summed E-state index contributed by atoms with van der Waals surface area (Å²) >= 11 is 0. The number of carboxylic acids is 1. The summed E-state index contributed by atoms with van der Waals surface area (Å²) in [6.07, 6.45) is 2.62. The lowest BCUT2D eigenvalue weighted by Crippen LogP contribution is -2.45. The van der Waals surface area contributed by atoms with Gasteiger partial charge in [-0.1, -0.05) is 12.1 Å². The fourth-order valence-electron chi connectivity index (χ4n) is 3.15. The van der Waals surface area contributed by atoms with Gasteiger partial charge in [0, 0.05) is 6.04 Å². The molecule has 3 rings (SSSR count). The van der Waals surface area contributed by atoms with Crippen LogP contribution in [-0.4, -0.2) is 33.1 Å². The SMILES string of the molecule is CC(NC(=O)NC1CCC(C(=O)O)CC1)c1nc2ccccc2[nH]1. The Hall–Kier alpha value is -2.57. The highest BCUT2D eigenvalue weighted by atomic mass is 16.4. The molecule has 1 aromatic heterocycles. The van der Waals surface area contributed by atoms with E-state index in [0.29, 0.717) is 31.5 Å². The van der Waals surface area contributed by atoms with E-state index in [1.807, 2.05) is 31.2 Å². The van der Waals surface area contributed by atoms with Crippen LogP contribution in [0.1, 0.15) is 44.5 Å². The van der Waals surface area contributed by atoms with Gasteiger partial charge in [-0.2, -0.15) is 0 Å². The lowest BCUT2D eigenvalue weighted by Gasteiger charge is -2.27. The van der Waals surface area contributed by atoms with Gasteiger partial charge in [0.2, 0.25) is 0 Å². The third-order valence-electron chi connectivity index (χ3n) is 4.58. The molecule has 1 heterocycles. The van der Waals surface area contributed by atoms with Gasteiger partial charge in [-0.05, 0) is 44.7 Å². The van der Waals surface area contributed by atoms with E-state index in [4.69, 9.17) is 5.11 Å². The molecule has 128 valence electrons. The number of hydrogen-bond acceptors (Lipinski definition) is 3. The molecule has 2 aromatic rings. The van der Waals surface area contributed by atoms with Crippen LogP contribution in [0.5, 0.6) is 0 Å².